The summed E-state index contributed by atoms with van der Waals surface area (Å²) in [6, 6.07) is 7.43. The van der Waals surface area contributed by atoms with Gasteiger partial charge in [-0.25, -0.2) is 0 Å². The van der Waals surface area contributed by atoms with Crippen LogP contribution in [0.15, 0.2) is 28.8 Å². The number of carbonyl (C=O) groups is 1. The molecule has 25 heavy (non-hydrogen) atoms. The van der Waals surface area contributed by atoms with Gasteiger partial charge in [-0.05, 0) is 50.7 Å². The molecule has 0 bridgehead atoms. The third-order valence-corrected chi connectivity index (χ3v) is 5.25. The second-order valence-corrected chi connectivity index (χ2v) is 7.18. The zero-order chi connectivity index (χ0) is 17.4. The number of piperidine rings is 1. The molecule has 0 spiro atoms. The Balaban J connectivity index is 1.48. The summed E-state index contributed by atoms with van der Waals surface area (Å²) in [5.74, 6) is 1.98. The highest BCUT2D eigenvalue weighted by Gasteiger charge is 2.30. The van der Waals surface area contributed by atoms with Gasteiger partial charge in [-0.1, -0.05) is 17.3 Å². The molecule has 0 radical (unpaired) electrons. The van der Waals surface area contributed by atoms with Crippen molar-refractivity contribution in [2.45, 2.75) is 44.6 Å². The standard InChI is InChI=1S/C19H23N3O3/c1-12(23)13-7-9-22(10-8-13)19(24)16-4-2-3-15(11-16)17-20-18(25-21-17)14-5-6-14/h2-4,11-14,23H,5-10H2,1H3. The highest BCUT2D eigenvalue weighted by Crippen LogP contribution is 2.39. The molecule has 2 fully saturated rings. The van der Waals surface area contributed by atoms with Crippen LogP contribution in [0.2, 0.25) is 0 Å². The second kappa shape index (κ2) is 6.59. The number of aliphatic hydroxyl groups is 1. The smallest absolute Gasteiger partial charge is 0.253 e. The first-order valence-corrected chi connectivity index (χ1v) is 9.03. The third kappa shape index (κ3) is 3.44. The largest absolute Gasteiger partial charge is 0.393 e. The van der Waals surface area contributed by atoms with Gasteiger partial charge in [0.2, 0.25) is 11.7 Å². The maximum Gasteiger partial charge on any atom is 0.253 e. The molecular weight excluding hydrogens is 318 g/mol. The molecule has 1 aromatic carbocycles. The van der Waals surface area contributed by atoms with E-state index in [0.717, 1.165) is 31.2 Å². The van der Waals surface area contributed by atoms with Crippen LogP contribution in [0.4, 0.5) is 0 Å². The molecule has 4 rings (SSSR count). The van der Waals surface area contributed by atoms with Crippen molar-refractivity contribution in [3.05, 3.63) is 35.7 Å². The van der Waals surface area contributed by atoms with Crippen LogP contribution in [-0.2, 0) is 0 Å². The van der Waals surface area contributed by atoms with Crippen molar-refractivity contribution in [2.75, 3.05) is 13.1 Å². The minimum absolute atomic E-state index is 0.0248. The molecule has 6 nitrogen and oxygen atoms in total. The van der Waals surface area contributed by atoms with Crippen molar-refractivity contribution in [1.82, 2.24) is 15.0 Å². The van der Waals surface area contributed by atoms with Crippen LogP contribution in [0.1, 0.15) is 54.8 Å². The van der Waals surface area contributed by atoms with Gasteiger partial charge in [0, 0.05) is 30.1 Å². The van der Waals surface area contributed by atoms with E-state index in [2.05, 4.69) is 10.1 Å². The number of rotatable bonds is 4. The fourth-order valence-corrected chi connectivity index (χ4v) is 3.41. The lowest BCUT2D eigenvalue weighted by Gasteiger charge is -2.33. The van der Waals surface area contributed by atoms with Gasteiger partial charge in [0.05, 0.1) is 6.10 Å². The van der Waals surface area contributed by atoms with Crippen LogP contribution in [-0.4, -0.2) is 45.2 Å². The van der Waals surface area contributed by atoms with Gasteiger partial charge in [-0.3, -0.25) is 4.79 Å². The SMILES string of the molecule is CC(O)C1CCN(C(=O)c2cccc(-c3noc(C4CC4)n3)c2)CC1. The molecule has 1 aliphatic heterocycles. The summed E-state index contributed by atoms with van der Waals surface area (Å²) in [6.07, 6.45) is 3.61. The van der Waals surface area contributed by atoms with Crippen molar-refractivity contribution in [3.63, 3.8) is 0 Å². The maximum absolute atomic E-state index is 12.8. The maximum atomic E-state index is 12.8. The van der Waals surface area contributed by atoms with Gasteiger partial charge in [0.15, 0.2) is 0 Å². The second-order valence-electron chi connectivity index (χ2n) is 7.18. The molecule has 1 saturated carbocycles. The molecular formula is C19H23N3O3. The Labute approximate surface area is 146 Å². The van der Waals surface area contributed by atoms with E-state index in [1.807, 2.05) is 36.1 Å². The highest BCUT2D eigenvalue weighted by molar-refractivity contribution is 5.95. The normalized spacial score (nSPS) is 19.8. The molecule has 132 valence electrons. The summed E-state index contributed by atoms with van der Waals surface area (Å²) in [5.41, 5.74) is 1.45. The number of nitrogens with zero attached hydrogens (tertiary/aromatic N) is 3. The molecule has 6 heteroatoms. The van der Waals surface area contributed by atoms with E-state index in [1.54, 1.807) is 0 Å². The van der Waals surface area contributed by atoms with E-state index < -0.39 is 0 Å². The quantitative estimate of drug-likeness (QED) is 0.925. The van der Waals surface area contributed by atoms with Crippen molar-refractivity contribution >= 4 is 5.91 Å². The molecule has 1 N–H and O–H groups in total. The Kier molecular flexibility index (Phi) is 4.29. The lowest BCUT2D eigenvalue weighted by atomic mass is 9.92. The molecule has 1 aliphatic carbocycles. The average Bonchev–Trinajstić information content (AvgIpc) is 3.38. The van der Waals surface area contributed by atoms with Gasteiger partial charge in [0.25, 0.3) is 5.91 Å². The predicted octanol–water partition coefficient (Wildman–Crippen LogP) is 2.85. The Morgan fingerprint density at radius 3 is 2.72 bits per heavy atom. The van der Waals surface area contributed by atoms with Crippen LogP contribution in [0.3, 0.4) is 0 Å². The number of likely N-dealkylation sites (tertiary alicyclic amines) is 1. The summed E-state index contributed by atoms with van der Waals surface area (Å²) in [7, 11) is 0. The van der Waals surface area contributed by atoms with Gasteiger partial charge >= 0.3 is 0 Å². The van der Waals surface area contributed by atoms with E-state index in [0.29, 0.717) is 36.3 Å². The number of hydrogen-bond acceptors (Lipinski definition) is 5. The first-order valence-electron chi connectivity index (χ1n) is 9.03. The molecule has 1 atom stereocenters. The summed E-state index contributed by atoms with van der Waals surface area (Å²) in [5, 5.41) is 13.8. The molecule has 1 unspecified atom stereocenters. The summed E-state index contributed by atoms with van der Waals surface area (Å²) >= 11 is 0. The topological polar surface area (TPSA) is 79.5 Å². The van der Waals surface area contributed by atoms with Crippen LogP contribution >= 0.6 is 0 Å². The third-order valence-electron chi connectivity index (χ3n) is 5.25. The lowest BCUT2D eigenvalue weighted by Crippen LogP contribution is -2.40. The minimum Gasteiger partial charge on any atom is -0.393 e. The predicted molar refractivity (Wildman–Crippen MR) is 92.0 cm³/mol. The van der Waals surface area contributed by atoms with Crippen LogP contribution in [0.5, 0.6) is 0 Å². The van der Waals surface area contributed by atoms with E-state index >= 15 is 0 Å². The number of hydrogen-bond donors (Lipinski definition) is 1. The fraction of sp³-hybridized carbons (Fsp3) is 0.526. The summed E-state index contributed by atoms with van der Waals surface area (Å²) < 4.78 is 5.31. The molecule has 2 heterocycles. The van der Waals surface area contributed by atoms with E-state index in [4.69, 9.17) is 4.52 Å². The zero-order valence-electron chi connectivity index (χ0n) is 14.4. The molecule has 1 amide bonds. The number of carbonyl (C=O) groups excluding carboxylic acids is 1. The van der Waals surface area contributed by atoms with Crippen LogP contribution in [0.25, 0.3) is 11.4 Å². The monoisotopic (exact) mass is 341 g/mol. The van der Waals surface area contributed by atoms with E-state index in [9.17, 15) is 9.90 Å². The van der Waals surface area contributed by atoms with E-state index in [-0.39, 0.29) is 17.9 Å². The first-order chi connectivity index (χ1) is 12.1. The Morgan fingerprint density at radius 2 is 2.04 bits per heavy atom. The van der Waals surface area contributed by atoms with Crippen molar-refractivity contribution in [2.24, 2.45) is 5.92 Å². The van der Waals surface area contributed by atoms with Crippen LogP contribution < -0.4 is 0 Å². The molecule has 1 aromatic heterocycles. The first kappa shape index (κ1) is 16.3. The Hall–Kier alpha value is -2.21. The summed E-state index contributed by atoms with van der Waals surface area (Å²) in [6.45, 7) is 3.20. The van der Waals surface area contributed by atoms with Gasteiger partial charge < -0.3 is 14.5 Å². The number of benzene rings is 1. The minimum atomic E-state index is -0.306. The molecule has 2 aromatic rings. The number of aliphatic hydroxyl groups excluding tert-OH is 1. The number of amides is 1. The van der Waals surface area contributed by atoms with Gasteiger partial charge in [-0.15, -0.1) is 0 Å². The zero-order valence-corrected chi connectivity index (χ0v) is 14.4. The highest BCUT2D eigenvalue weighted by atomic mass is 16.5. The Bertz CT molecular complexity index is 759. The fourth-order valence-electron chi connectivity index (χ4n) is 3.41. The van der Waals surface area contributed by atoms with Gasteiger partial charge in [0.1, 0.15) is 0 Å². The lowest BCUT2D eigenvalue weighted by molar-refractivity contribution is 0.0521. The number of aromatic nitrogens is 2. The Morgan fingerprint density at radius 1 is 1.28 bits per heavy atom. The van der Waals surface area contributed by atoms with Crippen molar-refractivity contribution in [3.8, 4) is 11.4 Å². The van der Waals surface area contributed by atoms with Crippen molar-refractivity contribution in [1.29, 1.82) is 0 Å². The van der Waals surface area contributed by atoms with Gasteiger partial charge in [-0.2, -0.15) is 4.98 Å². The van der Waals surface area contributed by atoms with Crippen molar-refractivity contribution < 1.29 is 14.4 Å². The van der Waals surface area contributed by atoms with Crippen LogP contribution in [0, 0.1) is 5.92 Å². The average molecular weight is 341 g/mol. The van der Waals surface area contributed by atoms with E-state index in [1.165, 1.54) is 0 Å². The molecule has 1 saturated heterocycles. The molecule has 2 aliphatic rings. The summed E-state index contributed by atoms with van der Waals surface area (Å²) in [4.78, 5) is 19.1.